The number of rotatable bonds is 43. The van der Waals surface area contributed by atoms with E-state index in [0.717, 1.165) is 61.5 Å². The smallest absolute Gasteiger partial charge is 0.310 e. The van der Waals surface area contributed by atoms with Crippen LogP contribution in [0, 0.1) is 11.8 Å². The Morgan fingerprint density at radius 3 is 0.946 bits per heavy atom. The monoisotopic (exact) mass is 1250 g/mol. The molecule has 12 nitrogen and oxygen atoms in total. The molecule has 2 aliphatic rings. The molecule has 6 aromatic rings. The molecule has 0 heterocycles. The molecule has 8 rings (SSSR count). The fourth-order valence-electron chi connectivity index (χ4n) is 13.5. The molecular formula is C80H100N2O10. The van der Waals surface area contributed by atoms with Gasteiger partial charge in [-0.15, -0.1) is 0 Å². The molecule has 0 aromatic heterocycles. The minimum atomic E-state index is -0.388. The Hall–Kier alpha value is -7.86. The average molecular weight is 1250 g/mol. The summed E-state index contributed by atoms with van der Waals surface area (Å²) >= 11 is 0. The van der Waals surface area contributed by atoms with Crippen LogP contribution >= 0.6 is 0 Å². The molecule has 0 amide bonds. The number of fused-ring (bicyclic) bond motifs is 4. The molecule has 2 unspecified atom stereocenters. The predicted molar refractivity (Wildman–Crippen MR) is 368 cm³/mol. The number of nitrogens with one attached hydrogen (secondary N) is 2. The molecule has 0 bridgehead atoms. The summed E-state index contributed by atoms with van der Waals surface area (Å²) in [5.41, 5.74) is 5.27. The van der Waals surface area contributed by atoms with Gasteiger partial charge in [-0.25, -0.2) is 0 Å². The van der Waals surface area contributed by atoms with Crippen LogP contribution in [0.3, 0.4) is 0 Å². The largest absolute Gasteiger partial charge is 0.507 e. The van der Waals surface area contributed by atoms with Crippen molar-refractivity contribution in [2.45, 2.75) is 219 Å². The van der Waals surface area contributed by atoms with Crippen molar-refractivity contribution in [1.29, 1.82) is 0 Å². The van der Waals surface area contributed by atoms with Gasteiger partial charge in [0.05, 0.1) is 59.7 Å². The van der Waals surface area contributed by atoms with E-state index in [4.69, 9.17) is 9.47 Å². The first kappa shape index (κ1) is 70.0. The van der Waals surface area contributed by atoms with Crippen LogP contribution in [-0.2, 0) is 31.9 Å². The summed E-state index contributed by atoms with van der Waals surface area (Å²) in [4.78, 5) is 79.4. The Morgan fingerprint density at radius 1 is 0.348 bits per heavy atom. The number of hydrogen-bond acceptors (Lipinski definition) is 12. The molecule has 2 atom stereocenters. The molecule has 490 valence electrons. The van der Waals surface area contributed by atoms with Gasteiger partial charge in [-0.2, -0.15) is 0 Å². The zero-order valence-electron chi connectivity index (χ0n) is 54.9. The highest BCUT2D eigenvalue weighted by Crippen LogP contribution is 2.41. The zero-order valence-corrected chi connectivity index (χ0v) is 54.9. The van der Waals surface area contributed by atoms with Gasteiger partial charge in [-0.3, -0.25) is 28.8 Å². The summed E-state index contributed by atoms with van der Waals surface area (Å²) in [6, 6.07) is 34.0. The molecule has 0 radical (unpaired) electrons. The lowest BCUT2D eigenvalue weighted by molar-refractivity contribution is -0.143. The van der Waals surface area contributed by atoms with Gasteiger partial charge in [0.15, 0.2) is 23.1 Å². The van der Waals surface area contributed by atoms with E-state index in [1.165, 1.54) is 166 Å². The zero-order chi connectivity index (χ0) is 64.9. The highest BCUT2D eigenvalue weighted by atomic mass is 16.5. The second kappa shape index (κ2) is 37.6. The molecule has 0 spiro atoms. The molecule has 4 N–H and O–H groups in total. The number of phenols is 2. The Balaban J connectivity index is 0.715. The van der Waals surface area contributed by atoms with Crippen molar-refractivity contribution in [2.24, 2.45) is 11.8 Å². The summed E-state index contributed by atoms with van der Waals surface area (Å²) in [6.45, 7) is 5.41. The van der Waals surface area contributed by atoms with E-state index in [1.807, 2.05) is 48.5 Å². The van der Waals surface area contributed by atoms with Crippen molar-refractivity contribution in [3.63, 3.8) is 0 Å². The lowest BCUT2D eigenvalue weighted by Crippen LogP contribution is -2.22. The van der Waals surface area contributed by atoms with Crippen molar-refractivity contribution in [2.75, 3.05) is 23.8 Å². The second-order valence-electron chi connectivity index (χ2n) is 25.8. The number of carbonyl (C=O) groups is 6. The van der Waals surface area contributed by atoms with Crippen molar-refractivity contribution >= 4 is 57.8 Å². The van der Waals surface area contributed by atoms with Crippen molar-refractivity contribution in [1.82, 2.24) is 0 Å². The number of hydrogen-bond donors (Lipinski definition) is 4. The topological polar surface area (TPSA) is 185 Å². The maximum Gasteiger partial charge on any atom is 0.310 e. The molecule has 0 fully saturated rings. The third-order valence-electron chi connectivity index (χ3n) is 18.8. The lowest BCUT2D eigenvalue weighted by Gasteiger charge is -2.28. The highest BCUT2D eigenvalue weighted by Gasteiger charge is 2.36. The van der Waals surface area contributed by atoms with E-state index < -0.39 is 0 Å². The maximum atomic E-state index is 13.5. The van der Waals surface area contributed by atoms with E-state index >= 15 is 0 Å². The van der Waals surface area contributed by atoms with Crippen molar-refractivity contribution < 1.29 is 48.5 Å². The van der Waals surface area contributed by atoms with Crippen LogP contribution in [-0.4, -0.2) is 58.5 Å². The Labute approximate surface area is 547 Å². The number of carbonyl (C=O) groups excluding carboxylic acids is 6. The van der Waals surface area contributed by atoms with Crippen LogP contribution in [0.1, 0.15) is 281 Å². The van der Waals surface area contributed by atoms with Crippen LogP contribution < -0.4 is 10.6 Å². The Kier molecular flexibility index (Phi) is 28.6. The number of esters is 2. The SMILES string of the molecule is CCCCCCCCCC(CCCCCCCCOC(=O)Cc1ccc(Nc2ccc(O)c3c2C(=O)c2ccccc2C3=O)cc1)C(CCCCCCCCC)CCCCCCCCOC(=O)Cc1ccc(Nc2ccc(O)c3c2C(=O)c2ccccc2C3=O)cc1. The van der Waals surface area contributed by atoms with Gasteiger partial charge >= 0.3 is 11.9 Å². The molecule has 92 heavy (non-hydrogen) atoms. The van der Waals surface area contributed by atoms with Crippen LogP contribution in [0.5, 0.6) is 11.5 Å². The average Bonchev–Trinajstić information content (AvgIpc) is 0.758. The molecule has 12 heteroatoms. The van der Waals surface area contributed by atoms with E-state index in [-0.39, 0.29) is 92.8 Å². The standard InChI is InChI=1S/C80H100N2O10/c1-3-5-7-9-11-17-23-33-59(35-25-19-13-15-21-31-53-91-71(85)55-57-41-45-61(46-42-57)81-67-49-51-69(83)75-73(67)77(87)63-37-27-29-39-65(63)79(75)89)60(34-24-18-12-10-8-6-4-2)36-26-20-14-16-22-32-54-92-72(86)56-58-43-47-62(48-44-58)82-68-50-52-70(84)76-74(68)78(88)64-38-28-30-40-66(64)80(76)90/h27-30,37-52,59-60,81-84H,3-26,31-36,53-56H2,1-2H3. The Morgan fingerprint density at radius 2 is 0.630 bits per heavy atom. The molecule has 0 saturated carbocycles. The maximum absolute atomic E-state index is 13.5. The summed E-state index contributed by atoms with van der Waals surface area (Å²) < 4.78 is 11.3. The van der Waals surface area contributed by atoms with Crippen LogP contribution in [0.15, 0.2) is 121 Å². The molecule has 0 saturated heterocycles. The van der Waals surface area contributed by atoms with E-state index in [9.17, 15) is 39.0 Å². The predicted octanol–water partition coefficient (Wildman–Crippen LogP) is 20.0. The highest BCUT2D eigenvalue weighted by molar-refractivity contribution is 6.32. The van der Waals surface area contributed by atoms with E-state index in [0.29, 0.717) is 47.1 Å². The number of ketones is 4. The first-order valence-electron chi connectivity index (χ1n) is 35.1. The third kappa shape index (κ3) is 20.6. The molecular weight excluding hydrogens is 1150 g/mol. The number of anilines is 4. The quantitative estimate of drug-likeness (QED) is 0.0161. The third-order valence-corrected chi connectivity index (χ3v) is 18.8. The van der Waals surface area contributed by atoms with Gasteiger partial charge in [-0.05, 0) is 84.3 Å². The number of aromatic hydroxyl groups is 2. The normalized spacial score (nSPS) is 13.0. The molecule has 6 aromatic carbocycles. The second-order valence-corrected chi connectivity index (χ2v) is 25.8. The van der Waals surface area contributed by atoms with Crippen molar-refractivity contribution in [3.05, 3.63) is 177 Å². The summed E-state index contributed by atoms with van der Waals surface area (Å²) in [7, 11) is 0. The van der Waals surface area contributed by atoms with Gasteiger partial charge in [0.2, 0.25) is 0 Å². The minimum Gasteiger partial charge on any atom is -0.507 e. The fraction of sp³-hybridized carbons (Fsp3) is 0.475. The van der Waals surface area contributed by atoms with Gasteiger partial charge in [0.1, 0.15) is 11.5 Å². The van der Waals surface area contributed by atoms with Crippen LogP contribution in [0.25, 0.3) is 0 Å². The number of benzene rings is 6. The van der Waals surface area contributed by atoms with Gasteiger partial charge in [0, 0.05) is 33.6 Å². The van der Waals surface area contributed by atoms with Gasteiger partial charge < -0.3 is 30.3 Å². The molecule has 2 aliphatic carbocycles. The van der Waals surface area contributed by atoms with E-state index in [1.54, 1.807) is 60.7 Å². The van der Waals surface area contributed by atoms with Crippen molar-refractivity contribution in [3.8, 4) is 11.5 Å². The number of phenolic OH excluding ortho intramolecular Hbond substituents is 2. The summed E-state index contributed by atoms with van der Waals surface area (Å²) in [6.07, 6.45) is 38.0. The summed E-state index contributed by atoms with van der Waals surface area (Å²) in [5.74, 6) is -0.834. The summed E-state index contributed by atoms with van der Waals surface area (Å²) in [5, 5.41) is 27.7. The fourth-order valence-corrected chi connectivity index (χ4v) is 13.5. The first-order chi connectivity index (χ1) is 44.9. The van der Waals surface area contributed by atoms with Crippen LogP contribution in [0.4, 0.5) is 22.7 Å². The number of ether oxygens (including phenoxy) is 2. The molecule has 0 aliphatic heterocycles. The lowest BCUT2D eigenvalue weighted by atomic mass is 9.78. The van der Waals surface area contributed by atoms with E-state index in [2.05, 4.69) is 24.5 Å². The first-order valence-corrected chi connectivity index (χ1v) is 35.1. The number of unbranched alkanes of at least 4 members (excludes halogenated alkanes) is 22. The minimum absolute atomic E-state index is 0.00212. The Bertz CT molecular complexity index is 3140. The van der Waals surface area contributed by atoms with Gasteiger partial charge in [0.25, 0.3) is 0 Å². The van der Waals surface area contributed by atoms with Gasteiger partial charge in [-0.1, -0.05) is 266 Å². The van der Waals surface area contributed by atoms with Crippen LogP contribution in [0.2, 0.25) is 0 Å².